The molecule has 1 aliphatic rings. The van der Waals surface area contributed by atoms with Gasteiger partial charge in [-0.15, -0.1) is 35.0 Å². The van der Waals surface area contributed by atoms with Crippen LogP contribution in [0.4, 0.5) is 5.95 Å². The molecule has 0 aliphatic carbocycles. The number of aryl methyl sites for hydroxylation is 1. The van der Waals surface area contributed by atoms with Gasteiger partial charge in [-0.3, -0.25) is 9.58 Å². The highest BCUT2D eigenvalue weighted by Gasteiger charge is 2.28. The largest absolute Gasteiger partial charge is 0.507 e. The number of likely N-dealkylation sites (N-methyl/N-ethyl adjacent to an activating group) is 1. The first-order valence-corrected chi connectivity index (χ1v) is 9.19. The number of phenols is 1. The summed E-state index contributed by atoms with van der Waals surface area (Å²) in [5.41, 5.74) is 2.20. The normalized spacial score (nSPS) is 21.0. The Labute approximate surface area is 193 Å². The van der Waals surface area contributed by atoms with Gasteiger partial charge in [-0.05, 0) is 38.6 Å². The molecular formula is C20H27Cl2N7O. The molecule has 1 saturated heterocycles. The maximum atomic E-state index is 10.5. The van der Waals surface area contributed by atoms with Crippen LogP contribution in [0.25, 0.3) is 22.4 Å². The Morgan fingerprint density at radius 1 is 1.07 bits per heavy atom. The van der Waals surface area contributed by atoms with Crippen molar-refractivity contribution < 1.29 is 9.22 Å². The lowest BCUT2D eigenvalue weighted by Crippen LogP contribution is -2.55. The molecule has 0 saturated carbocycles. The zero-order valence-corrected chi connectivity index (χ0v) is 18.6. The smallest absolute Gasteiger partial charge is 0.245 e. The van der Waals surface area contributed by atoms with E-state index in [9.17, 15) is 5.11 Å². The van der Waals surface area contributed by atoms with Gasteiger partial charge < -0.3 is 10.0 Å². The van der Waals surface area contributed by atoms with Crippen molar-refractivity contribution in [2.24, 2.45) is 6.98 Å². The van der Waals surface area contributed by atoms with Crippen molar-refractivity contribution in [3.63, 3.8) is 0 Å². The number of aromatic hydroxyl groups is 1. The van der Waals surface area contributed by atoms with Gasteiger partial charge in [0.05, 0.1) is 12.4 Å². The molecule has 2 atom stereocenters. The fourth-order valence-corrected chi connectivity index (χ4v) is 3.50. The van der Waals surface area contributed by atoms with Gasteiger partial charge in [-0.25, -0.2) is 4.98 Å². The Bertz CT molecular complexity index is 1070. The van der Waals surface area contributed by atoms with Crippen LogP contribution >= 0.6 is 24.8 Å². The number of phenolic OH excluding ortho intramolecular Hbond substituents is 1. The number of hydrogen-bond donors (Lipinski definition) is 1. The van der Waals surface area contributed by atoms with Gasteiger partial charge in [0.1, 0.15) is 11.4 Å². The minimum absolute atomic E-state index is 0. The summed E-state index contributed by atoms with van der Waals surface area (Å²) in [6.45, 7) is 3.65. The molecule has 1 N–H and O–H groups in total. The van der Waals surface area contributed by atoms with Crippen LogP contribution in [-0.2, 0) is 6.98 Å². The van der Waals surface area contributed by atoms with Crippen molar-refractivity contribution >= 4 is 30.8 Å². The molecule has 0 bridgehead atoms. The summed E-state index contributed by atoms with van der Waals surface area (Å²) in [6.07, 6.45) is 4.49. The van der Waals surface area contributed by atoms with E-state index in [2.05, 4.69) is 51.0 Å². The highest BCUT2D eigenvalue weighted by Crippen LogP contribution is 2.32. The summed E-state index contributed by atoms with van der Waals surface area (Å²) in [6, 6.07) is 5.81. The molecule has 8 nitrogen and oxygen atoms in total. The zero-order chi connectivity index (χ0) is 22.3. The van der Waals surface area contributed by atoms with Gasteiger partial charge in [-0.1, -0.05) is 6.07 Å². The molecule has 4 rings (SSSR count). The molecular weight excluding hydrogens is 425 g/mol. The van der Waals surface area contributed by atoms with Gasteiger partial charge in [0.2, 0.25) is 5.95 Å². The molecule has 0 amide bonds. The van der Waals surface area contributed by atoms with E-state index < -0.39 is 6.98 Å². The summed E-state index contributed by atoms with van der Waals surface area (Å²) in [5.74, 6) is 0.577. The van der Waals surface area contributed by atoms with Crippen molar-refractivity contribution in [3.05, 3.63) is 36.8 Å². The molecule has 30 heavy (non-hydrogen) atoms. The Morgan fingerprint density at radius 3 is 2.37 bits per heavy atom. The second-order valence-corrected chi connectivity index (χ2v) is 7.32. The third-order valence-electron chi connectivity index (χ3n) is 5.38. The predicted octanol–water partition coefficient (Wildman–Crippen LogP) is 3.02. The first-order valence-electron chi connectivity index (χ1n) is 10.7. The maximum Gasteiger partial charge on any atom is 0.245 e. The fraction of sp³-hybridized carbons (Fsp3) is 0.400. The fourth-order valence-electron chi connectivity index (χ4n) is 3.50. The van der Waals surface area contributed by atoms with Gasteiger partial charge in [0.25, 0.3) is 0 Å². The third-order valence-corrected chi connectivity index (χ3v) is 5.38. The number of rotatable bonds is 3. The lowest BCUT2D eigenvalue weighted by atomic mass is 10.0. The minimum atomic E-state index is -2.34. The molecule has 0 unspecified atom stereocenters. The predicted molar refractivity (Wildman–Crippen MR) is 123 cm³/mol. The van der Waals surface area contributed by atoms with E-state index in [1.807, 2.05) is 0 Å². The van der Waals surface area contributed by atoms with E-state index >= 15 is 0 Å². The number of piperazine rings is 1. The Balaban J connectivity index is 0.00000193. The zero-order valence-electron chi connectivity index (χ0n) is 19.9. The summed E-state index contributed by atoms with van der Waals surface area (Å²) in [7, 11) is 2.12. The number of hydrogen-bond acceptors (Lipinski definition) is 7. The first-order chi connectivity index (χ1) is 14.6. The van der Waals surface area contributed by atoms with Crippen molar-refractivity contribution in [1.82, 2.24) is 29.9 Å². The summed E-state index contributed by atoms with van der Waals surface area (Å²) in [4.78, 5) is 8.93. The monoisotopic (exact) mass is 454 g/mol. The number of halogens is 2. The lowest BCUT2D eigenvalue weighted by Gasteiger charge is -2.42. The van der Waals surface area contributed by atoms with E-state index in [0.29, 0.717) is 40.4 Å². The second kappa shape index (κ2) is 9.59. The molecule has 0 radical (unpaired) electrons. The molecule has 1 fully saturated rings. The SMILES string of the molecule is Cl.Cl.[2H]C([2H])([2H])n1cc(-c2ccc(-c3cnc(N4C[C@@H](C)N(C)[C@@H](C)C4)nn3)c(O)c2)cn1. The molecule has 10 heteroatoms. The molecule has 1 aliphatic heterocycles. The second-order valence-electron chi connectivity index (χ2n) is 7.32. The van der Waals surface area contributed by atoms with Gasteiger partial charge in [-0.2, -0.15) is 5.10 Å². The van der Waals surface area contributed by atoms with Crippen molar-refractivity contribution in [2.45, 2.75) is 25.9 Å². The standard InChI is InChI=1S/C20H25N7O.2ClH/c1-13-10-27(11-14(2)26(13)4)20-21-9-18(23-24-20)17-6-5-15(7-19(17)28)16-8-22-25(3)12-16;;/h5-9,12-14,28H,10-11H2,1-4H3;2*1H/t13-,14+;;/i3D3;;. The summed E-state index contributed by atoms with van der Waals surface area (Å²) in [5, 5.41) is 23.0. The average molecular weight is 455 g/mol. The van der Waals surface area contributed by atoms with Crippen LogP contribution in [0.3, 0.4) is 0 Å². The topological polar surface area (TPSA) is 83.2 Å². The molecule has 0 spiro atoms. The van der Waals surface area contributed by atoms with Crippen LogP contribution in [0.15, 0.2) is 36.8 Å². The van der Waals surface area contributed by atoms with Crippen LogP contribution in [0, 0.1) is 0 Å². The van der Waals surface area contributed by atoms with E-state index in [0.717, 1.165) is 17.8 Å². The molecule has 162 valence electrons. The molecule has 1 aromatic carbocycles. The van der Waals surface area contributed by atoms with E-state index in [1.165, 1.54) is 12.4 Å². The van der Waals surface area contributed by atoms with Crippen molar-refractivity contribution in [3.8, 4) is 28.1 Å². The number of benzene rings is 1. The van der Waals surface area contributed by atoms with E-state index in [1.54, 1.807) is 24.4 Å². The number of anilines is 1. The van der Waals surface area contributed by atoms with Gasteiger partial charge in [0.15, 0.2) is 0 Å². The summed E-state index contributed by atoms with van der Waals surface area (Å²) >= 11 is 0. The summed E-state index contributed by atoms with van der Waals surface area (Å²) < 4.78 is 23.2. The van der Waals surface area contributed by atoms with Crippen molar-refractivity contribution in [2.75, 3.05) is 25.0 Å². The maximum absolute atomic E-state index is 10.5. The van der Waals surface area contributed by atoms with E-state index in [-0.39, 0.29) is 30.6 Å². The average Bonchev–Trinajstić information content (AvgIpc) is 3.23. The van der Waals surface area contributed by atoms with Gasteiger partial charge in [0, 0.05) is 53.6 Å². The Kier molecular flexibility index (Phi) is 6.25. The molecule has 3 aromatic rings. The quantitative estimate of drug-likeness (QED) is 0.650. The minimum Gasteiger partial charge on any atom is -0.507 e. The Hall–Kier alpha value is -2.42. The molecule has 3 heterocycles. The molecule has 2 aromatic heterocycles. The lowest BCUT2D eigenvalue weighted by molar-refractivity contribution is 0.169. The van der Waals surface area contributed by atoms with Crippen LogP contribution < -0.4 is 4.90 Å². The number of aromatic nitrogens is 5. The van der Waals surface area contributed by atoms with Crippen LogP contribution in [0.2, 0.25) is 0 Å². The number of nitrogens with zero attached hydrogens (tertiary/aromatic N) is 7. The van der Waals surface area contributed by atoms with Crippen molar-refractivity contribution in [1.29, 1.82) is 0 Å². The van der Waals surface area contributed by atoms with Crippen LogP contribution in [0.5, 0.6) is 5.75 Å². The van der Waals surface area contributed by atoms with Crippen LogP contribution in [-0.4, -0.2) is 67.2 Å². The van der Waals surface area contributed by atoms with Crippen LogP contribution in [0.1, 0.15) is 18.0 Å². The van der Waals surface area contributed by atoms with Gasteiger partial charge >= 0.3 is 0 Å². The van der Waals surface area contributed by atoms with E-state index in [4.69, 9.17) is 4.11 Å². The highest BCUT2D eigenvalue weighted by molar-refractivity contribution is 5.85. The highest BCUT2D eigenvalue weighted by atomic mass is 35.5. The first kappa shape index (κ1) is 19.5. The Morgan fingerprint density at radius 2 is 1.80 bits per heavy atom. The third kappa shape index (κ3) is 4.66.